The lowest BCUT2D eigenvalue weighted by atomic mass is 10.1. The molecule has 5 nitrogen and oxygen atoms in total. The molecular formula is C14H22FN3O2. The molecule has 1 aromatic rings. The molecule has 0 spiro atoms. The number of carbonyl (C=O) groups is 1. The zero-order valence-corrected chi connectivity index (χ0v) is 12.1. The molecule has 0 aliphatic carbocycles. The van der Waals surface area contributed by atoms with E-state index in [-0.39, 0.29) is 16.9 Å². The largest absolute Gasteiger partial charge is 0.478 e. The summed E-state index contributed by atoms with van der Waals surface area (Å²) in [4.78, 5) is 13.1. The van der Waals surface area contributed by atoms with Crippen molar-refractivity contribution in [1.29, 1.82) is 0 Å². The van der Waals surface area contributed by atoms with Crippen LogP contribution in [0.5, 0.6) is 0 Å². The molecule has 0 aliphatic rings. The Kier molecular flexibility index (Phi) is 5.76. The highest BCUT2D eigenvalue weighted by molar-refractivity contribution is 5.94. The van der Waals surface area contributed by atoms with Gasteiger partial charge in [0.05, 0.1) is 11.3 Å². The monoisotopic (exact) mass is 283 g/mol. The van der Waals surface area contributed by atoms with Crippen LogP contribution in [-0.2, 0) is 0 Å². The third-order valence-corrected chi connectivity index (χ3v) is 3.25. The standard InChI is InChI=1S/C14H22FN3O2/c1-9(2)18(3)6-4-5-17-13-7-10(14(19)20)12(16)8-11(13)15/h7-9,17H,4-6,16H2,1-3H3,(H,19,20). The van der Waals surface area contributed by atoms with Crippen LogP contribution in [0.2, 0.25) is 0 Å². The number of nitrogens with zero attached hydrogens (tertiary/aromatic N) is 1. The first kappa shape index (κ1) is 16.2. The van der Waals surface area contributed by atoms with Gasteiger partial charge in [0.15, 0.2) is 0 Å². The Morgan fingerprint density at radius 1 is 1.50 bits per heavy atom. The Morgan fingerprint density at radius 3 is 2.70 bits per heavy atom. The van der Waals surface area contributed by atoms with Crippen molar-refractivity contribution in [3.63, 3.8) is 0 Å². The molecule has 0 saturated heterocycles. The first-order valence-corrected chi connectivity index (χ1v) is 6.59. The van der Waals surface area contributed by atoms with E-state index >= 15 is 0 Å². The Bertz CT molecular complexity index is 478. The summed E-state index contributed by atoms with van der Waals surface area (Å²) in [5, 5.41) is 11.9. The molecule has 1 rings (SSSR count). The minimum Gasteiger partial charge on any atom is -0.478 e. The number of nitrogens with two attached hydrogens (primary N) is 1. The van der Waals surface area contributed by atoms with Gasteiger partial charge in [0.2, 0.25) is 0 Å². The highest BCUT2D eigenvalue weighted by Crippen LogP contribution is 2.22. The van der Waals surface area contributed by atoms with Crippen molar-refractivity contribution in [3.05, 3.63) is 23.5 Å². The molecule has 0 saturated carbocycles. The predicted molar refractivity (Wildman–Crippen MR) is 78.6 cm³/mol. The summed E-state index contributed by atoms with van der Waals surface area (Å²) in [7, 11) is 2.02. The van der Waals surface area contributed by atoms with E-state index in [1.54, 1.807) is 0 Å². The third-order valence-electron chi connectivity index (χ3n) is 3.25. The number of nitrogen functional groups attached to an aromatic ring is 1. The lowest BCUT2D eigenvalue weighted by Crippen LogP contribution is -2.28. The number of aromatic carboxylic acids is 1. The van der Waals surface area contributed by atoms with E-state index in [1.807, 2.05) is 7.05 Å². The molecule has 0 radical (unpaired) electrons. The molecule has 0 aliphatic heterocycles. The molecule has 1 aromatic carbocycles. The van der Waals surface area contributed by atoms with E-state index in [0.29, 0.717) is 12.6 Å². The third kappa shape index (κ3) is 4.38. The van der Waals surface area contributed by atoms with Crippen molar-refractivity contribution < 1.29 is 14.3 Å². The average Bonchev–Trinajstić information content (AvgIpc) is 2.35. The molecule has 0 unspecified atom stereocenters. The lowest BCUT2D eigenvalue weighted by Gasteiger charge is -2.21. The van der Waals surface area contributed by atoms with Crippen molar-refractivity contribution in [1.82, 2.24) is 4.90 Å². The molecule has 20 heavy (non-hydrogen) atoms. The Morgan fingerprint density at radius 2 is 2.15 bits per heavy atom. The van der Waals surface area contributed by atoms with Crippen LogP contribution in [0.1, 0.15) is 30.6 Å². The summed E-state index contributed by atoms with van der Waals surface area (Å²) in [6.45, 7) is 5.66. The van der Waals surface area contributed by atoms with Crippen LogP contribution in [0.15, 0.2) is 12.1 Å². The van der Waals surface area contributed by atoms with Gasteiger partial charge in [-0.3, -0.25) is 0 Å². The normalized spacial score (nSPS) is 11.1. The minimum absolute atomic E-state index is 0.0694. The van der Waals surface area contributed by atoms with E-state index in [0.717, 1.165) is 19.0 Å². The molecular weight excluding hydrogens is 261 g/mol. The molecule has 0 fully saturated rings. The van der Waals surface area contributed by atoms with Crippen LogP contribution < -0.4 is 11.1 Å². The maximum Gasteiger partial charge on any atom is 0.337 e. The van der Waals surface area contributed by atoms with Gasteiger partial charge in [0, 0.05) is 18.3 Å². The maximum atomic E-state index is 13.7. The van der Waals surface area contributed by atoms with Gasteiger partial charge >= 0.3 is 5.97 Å². The lowest BCUT2D eigenvalue weighted by molar-refractivity contribution is 0.0698. The second-order valence-corrected chi connectivity index (χ2v) is 5.08. The first-order valence-electron chi connectivity index (χ1n) is 6.59. The molecule has 112 valence electrons. The van der Waals surface area contributed by atoms with Crippen molar-refractivity contribution in [2.75, 3.05) is 31.2 Å². The minimum atomic E-state index is -1.16. The topological polar surface area (TPSA) is 78.6 Å². The van der Waals surface area contributed by atoms with Crippen LogP contribution in [-0.4, -0.2) is 42.2 Å². The Balaban J connectivity index is 2.60. The van der Waals surface area contributed by atoms with E-state index in [2.05, 4.69) is 24.1 Å². The highest BCUT2D eigenvalue weighted by Gasteiger charge is 2.13. The maximum absolute atomic E-state index is 13.7. The van der Waals surface area contributed by atoms with Crippen molar-refractivity contribution >= 4 is 17.3 Å². The number of carboxylic acids is 1. The highest BCUT2D eigenvalue weighted by atomic mass is 19.1. The molecule has 0 aromatic heterocycles. The van der Waals surface area contributed by atoms with Gasteiger partial charge in [-0.05, 0) is 46.0 Å². The molecule has 4 N–H and O–H groups in total. The van der Waals surface area contributed by atoms with Gasteiger partial charge in [-0.2, -0.15) is 0 Å². The number of hydrogen-bond donors (Lipinski definition) is 3. The number of halogens is 1. The summed E-state index contributed by atoms with van der Waals surface area (Å²) in [5.41, 5.74) is 5.47. The van der Waals surface area contributed by atoms with Gasteiger partial charge in [-0.1, -0.05) is 0 Å². The molecule has 0 heterocycles. The summed E-state index contributed by atoms with van der Waals surface area (Å²) in [6.07, 6.45) is 0.834. The van der Waals surface area contributed by atoms with Crippen LogP contribution >= 0.6 is 0 Å². The fourth-order valence-corrected chi connectivity index (χ4v) is 1.72. The average molecular weight is 283 g/mol. The zero-order chi connectivity index (χ0) is 15.3. The summed E-state index contributed by atoms with van der Waals surface area (Å²) < 4.78 is 13.7. The molecule has 6 heteroatoms. The van der Waals surface area contributed by atoms with Crippen LogP contribution in [0.4, 0.5) is 15.8 Å². The van der Waals surface area contributed by atoms with Gasteiger partial charge in [0.1, 0.15) is 5.82 Å². The number of carboxylic acid groups (broad SMARTS) is 1. The molecule has 0 amide bonds. The first-order chi connectivity index (χ1) is 9.32. The van der Waals surface area contributed by atoms with E-state index in [4.69, 9.17) is 10.8 Å². The SMILES string of the molecule is CC(C)N(C)CCCNc1cc(C(=O)O)c(N)cc1F. The predicted octanol–water partition coefficient (Wildman–Crippen LogP) is 2.25. The van der Waals surface area contributed by atoms with E-state index in [1.165, 1.54) is 6.07 Å². The van der Waals surface area contributed by atoms with E-state index in [9.17, 15) is 9.18 Å². The summed E-state index contributed by atoms with van der Waals surface area (Å²) in [6, 6.07) is 2.73. The van der Waals surface area contributed by atoms with Crippen molar-refractivity contribution in [2.45, 2.75) is 26.3 Å². The summed E-state index contributed by atoms with van der Waals surface area (Å²) in [5.74, 6) is -1.70. The number of anilines is 2. The Labute approximate surface area is 118 Å². The fraction of sp³-hybridized carbons (Fsp3) is 0.500. The zero-order valence-electron chi connectivity index (χ0n) is 12.1. The quantitative estimate of drug-likeness (QED) is 0.528. The number of benzene rings is 1. The van der Waals surface area contributed by atoms with Gasteiger partial charge < -0.3 is 21.1 Å². The van der Waals surface area contributed by atoms with Gasteiger partial charge in [-0.15, -0.1) is 0 Å². The second-order valence-electron chi connectivity index (χ2n) is 5.08. The Hall–Kier alpha value is -1.82. The molecule has 0 bridgehead atoms. The van der Waals surface area contributed by atoms with Crippen LogP contribution in [0.25, 0.3) is 0 Å². The van der Waals surface area contributed by atoms with Crippen LogP contribution in [0.3, 0.4) is 0 Å². The number of hydrogen-bond acceptors (Lipinski definition) is 4. The summed E-state index contributed by atoms with van der Waals surface area (Å²) >= 11 is 0. The van der Waals surface area contributed by atoms with Gasteiger partial charge in [-0.25, -0.2) is 9.18 Å². The number of rotatable bonds is 7. The van der Waals surface area contributed by atoms with Crippen molar-refractivity contribution in [3.8, 4) is 0 Å². The number of nitrogens with one attached hydrogen (secondary N) is 1. The second kappa shape index (κ2) is 7.09. The van der Waals surface area contributed by atoms with Gasteiger partial charge in [0.25, 0.3) is 0 Å². The van der Waals surface area contributed by atoms with Crippen LogP contribution in [0, 0.1) is 5.82 Å². The fourth-order valence-electron chi connectivity index (χ4n) is 1.72. The van der Waals surface area contributed by atoms with Crippen molar-refractivity contribution in [2.24, 2.45) is 0 Å². The molecule has 0 atom stereocenters. The van der Waals surface area contributed by atoms with E-state index < -0.39 is 11.8 Å². The smallest absolute Gasteiger partial charge is 0.337 e.